The summed E-state index contributed by atoms with van der Waals surface area (Å²) in [5.74, 6) is 2.71. The fourth-order valence-corrected chi connectivity index (χ4v) is 2.40. The summed E-state index contributed by atoms with van der Waals surface area (Å²) in [4.78, 5) is 1.19. The van der Waals surface area contributed by atoms with Crippen LogP contribution in [0.25, 0.3) is 0 Å². The van der Waals surface area contributed by atoms with Crippen LogP contribution in [0.15, 0.2) is 15.9 Å². The number of rotatable bonds is 3. The van der Waals surface area contributed by atoms with Crippen molar-refractivity contribution in [1.29, 1.82) is 0 Å². The van der Waals surface area contributed by atoms with E-state index in [1.807, 2.05) is 12.3 Å². The predicted molar refractivity (Wildman–Crippen MR) is 57.3 cm³/mol. The molecule has 0 saturated carbocycles. The van der Waals surface area contributed by atoms with Gasteiger partial charge >= 0.3 is 0 Å². The van der Waals surface area contributed by atoms with E-state index in [1.165, 1.54) is 4.88 Å². The van der Waals surface area contributed by atoms with Crippen molar-refractivity contribution >= 4 is 27.3 Å². The molecule has 0 bridgehead atoms. The van der Waals surface area contributed by atoms with Gasteiger partial charge in [-0.2, -0.15) is 0 Å². The van der Waals surface area contributed by atoms with E-state index in [9.17, 15) is 0 Å². The highest BCUT2D eigenvalue weighted by atomic mass is 79.9. The molecule has 1 rings (SSSR count). The first kappa shape index (κ1) is 9.79. The van der Waals surface area contributed by atoms with Gasteiger partial charge in [0.2, 0.25) is 0 Å². The Balaban J connectivity index is 2.74. The Bertz CT molecular complexity index is 287. The SMILES string of the molecule is C#CC(NCC)c1cc(Br)cs1. The van der Waals surface area contributed by atoms with Crippen molar-refractivity contribution in [3.63, 3.8) is 0 Å². The summed E-state index contributed by atoms with van der Waals surface area (Å²) in [6, 6.07) is 2.11. The molecule has 1 aromatic heterocycles. The van der Waals surface area contributed by atoms with Gasteiger partial charge in [0.1, 0.15) is 6.04 Å². The molecule has 1 N–H and O–H groups in total. The summed E-state index contributed by atoms with van der Waals surface area (Å²) in [7, 11) is 0. The van der Waals surface area contributed by atoms with Crippen LogP contribution in [0.2, 0.25) is 0 Å². The molecule has 0 aliphatic rings. The van der Waals surface area contributed by atoms with Gasteiger partial charge in [-0.25, -0.2) is 0 Å². The van der Waals surface area contributed by atoms with Crippen LogP contribution in [0, 0.1) is 12.3 Å². The minimum absolute atomic E-state index is 0.0614. The normalized spacial score (nSPS) is 12.4. The molecule has 1 atom stereocenters. The molecule has 3 heteroatoms. The van der Waals surface area contributed by atoms with E-state index in [-0.39, 0.29) is 6.04 Å². The molecule has 1 heterocycles. The first-order valence-electron chi connectivity index (χ1n) is 3.71. The van der Waals surface area contributed by atoms with Crippen molar-refractivity contribution < 1.29 is 0 Å². The number of thiophene rings is 1. The van der Waals surface area contributed by atoms with Crippen LogP contribution in [0.5, 0.6) is 0 Å². The fraction of sp³-hybridized carbons (Fsp3) is 0.333. The first-order chi connectivity index (χ1) is 5.77. The lowest BCUT2D eigenvalue weighted by Crippen LogP contribution is -2.17. The van der Waals surface area contributed by atoms with Gasteiger partial charge < -0.3 is 0 Å². The minimum Gasteiger partial charge on any atom is -0.300 e. The maximum Gasteiger partial charge on any atom is 0.104 e. The van der Waals surface area contributed by atoms with E-state index in [0.29, 0.717) is 0 Å². The molecule has 1 aromatic rings. The highest BCUT2D eigenvalue weighted by molar-refractivity contribution is 9.10. The molecule has 0 radical (unpaired) electrons. The monoisotopic (exact) mass is 243 g/mol. The molecular formula is C9H10BrNS. The smallest absolute Gasteiger partial charge is 0.104 e. The number of terminal acetylenes is 1. The van der Waals surface area contributed by atoms with E-state index in [0.717, 1.165) is 11.0 Å². The highest BCUT2D eigenvalue weighted by Gasteiger charge is 2.07. The van der Waals surface area contributed by atoms with Gasteiger partial charge in [0.15, 0.2) is 0 Å². The molecule has 1 nitrogen and oxygen atoms in total. The summed E-state index contributed by atoms with van der Waals surface area (Å²) in [5, 5.41) is 5.25. The molecule has 12 heavy (non-hydrogen) atoms. The van der Waals surface area contributed by atoms with E-state index in [2.05, 4.69) is 33.2 Å². The quantitative estimate of drug-likeness (QED) is 0.806. The third-order valence-corrected chi connectivity index (χ3v) is 3.21. The van der Waals surface area contributed by atoms with Crippen molar-refractivity contribution in [2.45, 2.75) is 13.0 Å². The van der Waals surface area contributed by atoms with Gasteiger partial charge in [-0.05, 0) is 28.5 Å². The Labute approximate surface area is 85.3 Å². The standard InChI is InChI=1S/C9H10BrNS/c1-3-8(11-4-2)9-5-7(10)6-12-9/h1,5-6,8,11H,4H2,2H3. The number of hydrogen-bond acceptors (Lipinski definition) is 2. The second-order valence-corrected chi connectivity index (χ2v) is 4.18. The summed E-state index contributed by atoms with van der Waals surface area (Å²) >= 11 is 5.07. The van der Waals surface area contributed by atoms with E-state index >= 15 is 0 Å². The Kier molecular flexibility index (Phi) is 3.80. The summed E-state index contributed by atoms with van der Waals surface area (Å²) < 4.78 is 1.10. The third-order valence-electron chi connectivity index (χ3n) is 1.45. The topological polar surface area (TPSA) is 12.0 Å². The number of halogens is 1. The van der Waals surface area contributed by atoms with E-state index in [4.69, 9.17) is 6.42 Å². The molecule has 0 amide bonds. The molecule has 0 fully saturated rings. The lowest BCUT2D eigenvalue weighted by atomic mass is 10.2. The van der Waals surface area contributed by atoms with Gasteiger partial charge in [0.05, 0.1) is 0 Å². The molecular weight excluding hydrogens is 234 g/mol. The van der Waals surface area contributed by atoms with Gasteiger partial charge in [-0.3, -0.25) is 5.32 Å². The van der Waals surface area contributed by atoms with Crippen molar-refractivity contribution in [2.24, 2.45) is 0 Å². The second-order valence-electron chi connectivity index (χ2n) is 2.32. The Hall–Kier alpha value is -0.300. The number of nitrogens with one attached hydrogen (secondary N) is 1. The van der Waals surface area contributed by atoms with Crippen molar-refractivity contribution in [2.75, 3.05) is 6.54 Å². The zero-order valence-corrected chi connectivity index (χ0v) is 9.21. The highest BCUT2D eigenvalue weighted by Crippen LogP contribution is 2.24. The van der Waals surface area contributed by atoms with Crippen LogP contribution in [-0.2, 0) is 0 Å². The van der Waals surface area contributed by atoms with Crippen molar-refractivity contribution in [3.8, 4) is 12.3 Å². The summed E-state index contributed by atoms with van der Waals surface area (Å²) in [6.45, 7) is 2.94. The maximum atomic E-state index is 5.38. The Morgan fingerprint density at radius 2 is 2.58 bits per heavy atom. The molecule has 0 aliphatic carbocycles. The van der Waals surface area contributed by atoms with E-state index < -0.39 is 0 Å². The van der Waals surface area contributed by atoms with Crippen LogP contribution in [0.4, 0.5) is 0 Å². The average molecular weight is 244 g/mol. The van der Waals surface area contributed by atoms with Gasteiger partial charge in [-0.1, -0.05) is 12.8 Å². The minimum atomic E-state index is 0.0614. The fourth-order valence-electron chi connectivity index (χ4n) is 0.925. The summed E-state index contributed by atoms with van der Waals surface area (Å²) in [6.07, 6.45) is 5.38. The van der Waals surface area contributed by atoms with Crippen LogP contribution in [0.3, 0.4) is 0 Å². The predicted octanol–water partition coefficient (Wildman–Crippen LogP) is 2.79. The molecule has 0 aromatic carbocycles. The van der Waals surface area contributed by atoms with Crippen molar-refractivity contribution in [3.05, 3.63) is 20.8 Å². The lowest BCUT2D eigenvalue weighted by Gasteiger charge is -2.07. The molecule has 0 spiro atoms. The summed E-state index contributed by atoms with van der Waals surface area (Å²) in [5.41, 5.74) is 0. The zero-order valence-electron chi connectivity index (χ0n) is 6.80. The van der Waals surface area contributed by atoms with E-state index in [1.54, 1.807) is 11.3 Å². The van der Waals surface area contributed by atoms with Gasteiger partial charge in [-0.15, -0.1) is 17.8 Å². The Morgan fingerprint density at radius 1 is 1.83 bits per heavy atom. The largest absolute Gasteiger partial charge is 0.300 e. The number of hydrogen-bond donors (Lipinski definition) is 1. The van der Waals surface area contributed by atoms with Crippen molar-refractivity contribution in [1.82, 2.24) is 5.32 Å². The average Bonchev–Trinajstić information content (AvgIpc) is 2.47. The van der Waals surface area contributed by atoms with Gasteiger partial charge in [0, 0.05) is 14.7 Å². The van der Waals surface area contributed by atoms with Crippen LogP contribution >= 0.6 is 27.3 Å². The van der Waals surface area contributed by atoms with Crippen LogP contribution in [0.1, 0.15) is 17.8 Å². The molecule has 0 aliphatic heterocycles. The second kappa shape index (κ2) is 4.66. The first-order valence-corrected chi connectivity index (χ1v) is 5.38. The molecule has 64 valence electrons. The lowest BCUT2D eigenvalue weighted by molar-refractivity contribution is 0.674. The maximum absolute atomic E-state index is 5.38. The molecule has 0 saturated heterocycles. The van der Waals surface area contributed by atoms with Crippen LogP contribution < -0.4 is 5.32 Å². The Morgan fingerprint density at radius 3 is 3.00 bits per heavy atom. The molecule has 1 unspecified atom stereocenters. The third kappa shape index (κ3) is 2.34. The van der Waals surface area contributed by atoms with Crippen LogP contribution in [-0.4, -0.2) is 6.54 Å². The van der Waals surface area contributed by atoms with Gasteiger partial charge in [0.25, 0.3) is 0 Å². The zero-order chi connectivity index (χ0) is 8.97.